The number of carbonyl (C=O) groups excluding carboxylic acids is 1. The Labute approximate surface area is 153 Å². The maximum Gasteiger partial charge on any atom is 0.230 e. The van der Waals surface area contributed by atoms with E-state index < -0.39 is 0 Å². The number of carbonyl (C=O) groups is 1. The van der Waals surface area contributed by atoms with Crippen LogP contribution in [0.15, 0.2) is 59.1 Å². The monoisotopic (exact) mass is 375 g/mol. The summed E-state index contributed by atoms with van der Waals surface area (Å²) in [5, 5.41) is 4.03. The van der Waals surface area contributed by atoms with Gasteiger partial charge < -0.3 is 0 Å². The van der Waals surface area contributed by atoms with E-state index >= 15 is 0 Å². The van der Waals surface area contributed by atoms with Crippen LogP contribution in [0.3, 0.4) is 0 Å². The molecule has 3 rings (SSSR count). The molecule has 24 heavy (non-hydrogen) atoms. The number of pyridine rings is 1. The first kappa shape index (κ1) is 17.0. The quantitative estimate of drug-likeness (QED) is 0.577. The minimum absolute atomic E-state index is 0.0671. The molecule has 7 heteroatoms. The lowest BCUT2D eigenvalue weighted by Gasteiger charge is -2.17. The van der Waals surface area contributed by atoms with Crippen molar-refractivity contribution in [2.24, 2.45) is 0 Å². The van der Waals surface area contributed by atoms with Crippen LogP contribution in [0.25, 0.3) is 0 Å². The molecule has 0 spiro atoms. The fourth-order valence-corrected chi connectivity index (χ4v) is 4.14. The van der Waals surface area contributed by atoms with E-state index in [1.165, 1.54) is 30.0 Å². The molecule has 0 N–H and O–H groups in total. The molecule has 1 aromatic carbocycles. The highest BCUT2D eigenvalue weighted by molar-refractivity contribution is 7.98. The standard InChI is InChI=1S/C17H14ClN3OS2/c1-12(22)21(14-6-3-2-4-7-14)17-20-13(11-24-17)10-23-16-15(18)8-5-9-19-16/h2-9,11H,10H2,1H3. The van der Waals surface area contributed by atoms with E-state index in [-0.39, 0.29) is 5.91 Å². The Morgan fingerprint density at radius 2 is 2.04 bits per heavy atom. The van der Waals surface area contributed by atoms with Crippen molar-refractivity contribution in [3.05, 3.63) is 64.8 Å². The number of aromatic nitrogens is 2. The molecule has 0 aliphatic rings. The summed E-state index contributed by atoms with van der Waals surface area (Å²) < 4.78 is 0. The van der Waals surface area contributed by atoms with Crippen molar-refractivity contribution in [2.75, 3.05) is 4.90 Å². The van der Waals surface area contributed by atoms with Gasteiger partial charge in [-0.05, 0) is 24.3 Å². The van der Waals surface area contributed by atoms with Crippen molar-refractivity contribution in [1.29, 1.82) is 0 Å². The number of thiazole rings is 1. The summed E-state index contributed by atoms with van der Waals surface area (Å²) in [6.45, 7) is 1.54. The molecule has 0 unspecified atom stereocenters. The number of halogens is 1. The van der Waals surface area contributed by atoms with Crippen molar-refractivity contribution in [1.82, 2.24) is 9.97 Å². The summed E-state index contributed by atoms with van der Waals surface area (Å²) in [6.07, 6.45) is 1.72. The zero-order valence-corrected chi connectivity index (χ0v) is 15.2. The number of para-hydroxylation sites is 1. The fourth-order valence-electron chi connectivity index (χ4n) is 2.09. The lowest BCUT2D eigenvalue weighted by molar-refractivity contribution is -0.115. The smallest absolute Gasteiger partial charge is 0.230 e. The van der Waals surface area contributed by atoms with Crippen LogP contribution in [0.4, 0.5) is 10.8 Å². The SMILES string of the molecule is CC(=O)N(c1ccccc1)c1nc(CSc2ncccc2Cl)cs1. The van der Waals surface area contributed by atoms with E-state index in [0.29, 0.717) is 15.9 Å². The number of amides is 1. The molecule has 122 valence electrons. The average Bonchev–Trinajstić information content (AvgIpc) is 3.03. The molecule has 0 saturated heterocycles. The predicted octanol–water partition coefficient (Wildman–Crippen LogP) is 5.17. The van der Waals surface area contributed by atoms with Gasteiger partial charge in [-0.2, -0.15) is 0 Å². The van der Waals surface area contributed by atoms with E-state index in [1.54, 1.807) is 17.2 Å². The van der Waals surface area contributed by atoms with Crippen molar-refractivity contribution < 1.29 is 4.79 Å². The predicted molar refractivity (Wildman–Crippen MR) is 100 cm³/mol. The largest absolute Gasteiger partial charge is 0.274 e. The molecule has 1 amide bonds. The Bertz CT molecular complexity index is 839. The van der Waals surface area contributed by atoms with Crippen molar-refractivity contribution in [3.63, 3.8) is 0 Å². The molecule has 2 aromatic heterocycles. The van der Waals surface area contributed by atoms with E-state index in [9.17, 15) is 4.79 Å². The van der Waals surface area contributed by atoms with E-state index in [2.05, 4.69) is 9.97 Å². The Morgan fingerprint density at radius 3 is 2.75 bits per heavy atom. The van der Waals surface area contributed by atoms with E-state index in [0.717, 1.165) is 16.4 Å². The number of hydrogen-bond donors (Lipinski definition) is 0. The van der Waals surface area contributed by atoms with Gasteiger partial charge in [-0.25, -0.2) is 9.97 Å². The summed E-state index contributed by atoms with van der Waals surface area (Å²) >= 11 is 9.09. The van der Waals surface area contributed by atoms with Crippen LogP contribution in [-0.2, 0) is 10.5 Å². The molecule has 0 aliphatic heterocycles. The lowest BCUT2D eigenvalue weighted by atomic mass is 10.3. The Morgan fingerprint density at radius 1 is 1.25 bits per heavy atom. The molecule has 0 fully saturated rings. The summed E-state index contributed by atoms with van der Waals surface area (Å²) in [5.41, 5.74) is 1.70. The third kappa shape index (κ3) is 3.95. The van der Waals surface area contributed by atoms with Gasteiger partial charge in [-0.3, -0.25) is 9.69 Å². The first-order valence-corrected chi connectivity index (χ1v) is 9.43. The zero-order valence-electron chi connectivity index (χ0n) is 12.8. The van der Waals surface area contributed by atoms with Crippen molar-refractivity contribution in [3.8, 4) is 0 Å². The highest BCUT2D eigenvalue weighted by Crippen LogP contribution is 2.32. The molecule has 4 nitrogen and oxygen atoms in total. The molecule has 2 heterocycles. The van der Waals surface area contributed by atoms with Crippen LogP contribution in [0, 0.1) is 0 Å². The van der Waals surface area contributed by atoms with Crippen molar-refractivity contribution in [2.45, 2.75) is 17.7 Å². The first-order chi connectivity index (χ1) is 11.6. The number of thioether (sulfide) groups is 1. The van der Waals surface area contributed by atoms with Gasteiger partial charge in [-0.15, -0.1) is 11.3 Å². The molecule has 0 atom stereocenters. The van der Waals surface area contributed by atoms with Gasteiger partial charge in [0, 0.05) is 24.3 Å². The lowest BCUT2D eigenvalue weighted by Crippen LogP contribution is -2.22. The van der Waals surface area contributed by atoms with Crippen LogP contribution >= 0.6 is 34.7 Å². The van der Waals surface area contributed by atoms with Crippen LogP contribution in [-0.4, -0.2) is 15.9 Å². The highest BCUT2D eigenvalue weighted by atomic mass is 35.5. The molecular formula is C17H14ClN3OS2. The first-order valence-electron chi connectivity index (χ1n) is 7.18. The highest BCUT2D eigenvalue weighted by Gasteiger charge is 2.17. The van der Waals surface area contributed by atoms with Crippen LogP contribution in [0.5, 0.6) is 0 Å². The maximum absolute atomic E-state index is 12.0. The summed E-state index contributed by atoms with van der Waals surface area (Å²) in [4.78, 5) is 22.5. The Hall–Kier alpha value is -1.89. The van der Waals surface area contributed by atoms with Crippen LogP contribution < -0.4 is 4.90 Å². The normalized spacial score (nSPS) is 10.6. The number of rotatable bonds is 5. The van der Waals surface area contributed by atoms with Gasteiger partial charge in [0.2, 0.25) is 5.91 Å². The topological polar surface area (TPSA) is 46.1 Å². The number of nitrogens with zero attached hydrogens (tertiary/aromatic N) is 3. The molecule has 0 saturated carbocycles. The maximum atomic E-state index is 12.0. The molecule has 0 radical (unpaired) electrons. The molecule has 0 bridgehead atoms. The summed E-state index contributed by atoms with van der Waals surface area (Å²) in [6, 6.07) is 13.1. The molecular weight excluding hydrogens is 362 g/mol. The minimum atomic E-state index is -0.0671. The number of hydrogen-bond acceptors (Lipinski definition) is 5. The van der Waals surface area contributed by atoms with Gasteiger partial charge in [-0.1, -0.05) is 41.6 Å². The van der Waals surface area contributed by atoms with Gasteiger partial charge in [0.1, 0.15) is 5.03 Å². The van der Waals surface area contributed by atoms with Crippen molar-refractivity contribution >= 4 is 51.4 Å². The number of anilines is 2. The second-order valence-corrected chi connectivity index (χ2v) is 7.10. The van der Waals surface area contributed by atoms with E-state index in [4.69, 9.17) is 11.6 Å². The second-order valence-electron chi connectivity index (χ2n) is 4.89. The minimum Gasteiger partial charge on any atom is -0.274 e. The Balaban J connectivity index is 1.77. The van der Waals surface area contributed by atoms with Crippen LogP contribution in [0.2, 0.25) is 5.02 Å². The zero-order chi connectivity index (χ0) is 16.9. The third-order valence-corrected chi connectivity index (χ3v) is 5.47. The van der Waals surface area contributed by atoms with Crippen LogP contribution in [0.1, 0.15) is 12.6 Å². The average molecular weight is 376 g/mol. The molecule has 0 aliphatic carbocycles. The van der Waals surface area contributed by atoms with Gasteiger partial charge in [0.25, 0.3) is 0 Å². The summed E-state index contributed by atoms with van der Waals surface area (Å²) in [7, 11) is 0. The number of benzene rings is 1. The second kappa shape index (κ2) is 7.79. The van der Waals surface area contributed by atoms with E-state index in [1.807, 2.05) is 41.8 Å². The third-order valence-electron chi connectivity index (χ3n) is 3.14. The fraction of sp³-hybridized carbons (Fsp3) is 0.118. The van der Waals surface area contributed by atoms with Gasteiger partial charge in [0.05, 0.1) is 16.4 Å². The van der Waals surface area contributed by atoms with Gasteiger partial charge in [0.15, 0.2) is 5.13 Å². The van der Waals surface area contributed by atoms with Gasteiger partial charge >= 0.3 is 0 Å². The molecule has 3 aromatic rings. The Kier molecular flexibility index (Phi) is 5.50. The summed E-state index contributed by atoms with van der Waals surface area (Å²) in [5.74, 6) is 0.579.